The molecule has 0 atom stereocenters. The normalized spacial score (nSPS) is 10.9. The molecule has 0 amide bonds. The lowest BCUT2D eigenvalue weighted by atomic mass is 10.1. The van der Waals surface area contributed by atoms with E-state index in [1.54, 1.807) is 13.3 Å². The lowest BCUT2D eigenvalue weighted by Gasteiger charge is -2.14. The van der Waals surface area contributed by atoms with Crippen LogP contribution >= 0.6 is 11.6 Å². The minimum Gasteiger partial charge on any atom is -0.497 e. The van der Waals surface area contributed by atoms with Crippen molar-refractivity contribution in [2.45, 2.75) is 20.5 Å². The Kier molecular flexibility index (Phi) is 7.14. The predicted octanol–water partition coefficient (Wildman–Crippen LogP) is 6.39. The van der Waals surface area contributed by atoms with Crippen molar-refractivity contribution in [2.24, 2.45) is 4.99 Å². The molecule has 0 fully saturated rings. The third kappa shape index (κ3) is 5.75. The van der Waals surface area contributed by atoms with E-state index >= 15 is 0 Å². The van der Waals surface area contributed by atoms with Crippen LogP contribution in [0.5, 0.6) is 17.2 Å². The Morgan fingerprint density at radius 2 is 1.69 bits per heavy atom. The molecule has 0 N–H and O–H groups in total. The van der Waals surface area contributed by atoms with Crippen molar-refractivity contribution >= 4 is 23.5 Å². The van der Waals surface area contributed by atoms with Crippen LogP contribution in [0.2, 0.25) is 5.02 Å². The van der Waals surface area contributed by atoms with E-state index in [0.29, 0.717) is 29.7 Å². The highest BCUT2D eigenvalue weighted by atomic mass is 35.5. The minimum atomic E-state index is 0.416. The van der Waals surface area contributed by atoms with Gasteiger partial charge in [0.05, 0.1) is 24.4 Å². The van der Waals surface area contributed by atoms with E-state index in [1.807, 2.05) is 55.5 Å². The molecule has 0 radical (unpaired) electrons. The average molecular weight is 410 g/mol. The second-order valence-corrected chi connectivity index (χ2v) is 6.90. The molecule has 0 spiro atoms. The van der Waals surface area contributed by atoms with Gasteiger partial charge in [0.2, 0.25) is 0 Å². The summed E-state index contributed by atoms with van der Waals surface area (Å²) in [4.78, 5) is 4.49. The number of hydrogen-bond acceptors (Lipinski definition) is 4. The molecule has 0 saturated heterocycles. The highest BCUT2D eigenvalue weighted by Gasteiger charge is 2.12. The summed E-state index contributed by atoms with van der Waals surface area (Å²) in [6.45, 7) is 4.91. The average Bonchev–Trinajstić information content (AvgIpc) is 2.73. The lowest BCUT2D eigenvalue weighted by molar-refractivity contribution is 0.269. The van der Waals surface area contributed by atoms with Crippen molar-refractivity contribution in [3.05, 3.63) is 82.4 Å². The molecule has 150 valence electrons. The van der Waals surface area contributed by atoms with Crippen molar-refractivity contribution in [3.63, 3.8) is 0 Å². The number of aliphatic imine (C=N–C) groups is 1. The van der Waals surface area contributed by atoms with Crippen LogP contribution in [0.1, 0.15) is 23.6 Å². The van der Waals surface area contributed by atoms with Gasteiger partial charge in [0.25, 0.3) is 0 Å². The van der Waals surface area contributed by atoms with Gasteiger partial charge in [-0.2, -0.15) is 0 Å². The number of aryl methyl sites for hydroxylation is 1. The van der Waals surface area contributed by atoms with Crippen LogP contribution < -0.4 is 14.2 Å². The molecule has 4 nitrogen and oxygen atoms in total. The van der Waals surface area contributed by atoms with Gasteiger partial charge >= 0.3 is 0 Å². The first-order valence-corrected chi connectivity index (χ1v) is 9.79. The predicted molar refractivity (Wildman–Crippen MR) is 118 cm³/mol. The van der Waals surface area contributed by atoms with Gasteiger partial charge in [0.15, 0.2) is 11.5 Å². The van der Waals surface area contributed by atoms with Crippen LogP contribution in [0.4, 0.5) is 5.69 Å². The standard InChI is InChI=1S/C24H24ClNO3/c1-4-28-23-14-19(15-26-20-9-11-21(27-3)12-10-20)13-22(25)24(23)29-16-18-7-5-17(2)6-8-18/h5-15H,4,16H2,1-3H3. The smallest absolute Gasteiger partial charge is 0.180 e. The van der Waals surface area contributed by atoms with E-state index in [2.05, 4.69) is 24.0 Å². The van der Waals surface area contributed by atoms with Gasteiger partial charge in [0, 0.05) is 6.21 Å². The molecule has 0 aliphatic heterocycles. The Bertz CT molecular complexity index is 967. The molecule has 3 rings (SSSR count). The maximum absolute atomic E-state index is 6.50. The van der Waals surface area contributed by atoms with E-state index in [0.717, 1.165) is 22.6 Å². The first kappa shape index (κ1) is 20.7. The number of methoxy groups -OCH3 is 1. The van der Waals surface area contributed by atoms with E-state index in [1.165, 1.54) is 5.56 Å². The third-order valence-electron chi connectivity index (χ3n) is 4.27. The number of nitrogens with zero attached hydrogens (tertiary/aromatic N) is 1. The Balaban J connectivity index is 1.79. The van der Waals surface area contributed by atoms with Gasteiger partial charge in [-0.1, -0.05) is 41.4 Å². The first-order valence-electron chi connectivity index (χ1n) is 9.42. The zero-order chi connectivity index (χ0) is 20.6. The van der Waals surface area contributed by atoms with Crippen molar-refractivity contribution in [3.8, 4) is 17.2 Å². The zero-order valence-electron chi connectivity index (χ0n) is 16.8. The zero-order valence-corrected chi connectivity index (χ0v) is 17.6. The maximum Gasteiger partial charge on any atom is 0.180 e. The molecule has 5 heteroatoms. The summed E-state index contributed by atoms with van der Waals surface area (Å²) in [6.07, 6.45) is 1.75. The molecule has 29 heavy (non-hydrogen) atoms. The van der Waals surface area contributed by atoms with Gasteiger partial charge in [-0.3, -0.25) is 4.99 Å². The summed E-state index contributed by atoms with van der Waals surface area (Å²) in [5.41, 5.74) is 3.93. The third-order valence-corrected chi connectivity index (χ3v) is 4.55. The van der Waals surface area contributed by atoms with Crippen molar-refractivity contribution < 1.29 is 14.2 Å². The molecule has 0 bridgehead atoms. The van der Waals surface area contributed by atoms with Crippen LogP contribution in [0.25, 0.3) is 0 Å². The van der Waals surface area contributed by atoms with Crippen molar-refractivity contribution in [1.29, 1.82) is 0 Å². The summed E-state index contributed by atoms with van der Waals surface area (Å²) in [5, 5.41) is 0.485. The summed E-state index contributed by atoms with van der Waals surface area (Å²) in [5.74, 6) is 1.93. The Labute approximate surface area is 176 Å². The van der Waals surface area contributed by atoms with E-state index in [9.17, 15) is 0 Å². The van der Waals surface area contributed by atoms with Gasteiger partial charge in [0.1, 0.15) is 12.4 Å². The lowest BCUT2D eigenvalue weighted by Crippen LogP contribution is -2.01. The van der Waals surface area contributed by atoms with Crippen LogP contribution in [0, 0.1) is 6.92 Å². The second-order valence-electron chi connectivity index (χ2n) is 6.49. The molecular formula is C24H24ClNO3. The highest BCUT2D eigenvalue weighted by molar-refractivity contribution is 6.32. The fraction of sp³-hybridized carbons (Fsp3) is 0.208. The number of rotatable bonds is 8. The van der Waals surface area contributed by atoms with Crippen LogP contribution in [0.15, 0.2) is 65.7 Å². The van der Waals surface area contributed by atoms with Crippen molar-refractivity contribution in [1.82, 2.24) is 0 Å². The van der Waals surface area contributed by atoms with E-state index in [4.69, 9.17) is 25.8 Å². The van der Waals surface area contributed by atoms with Crippen molar-refractivity contribution in [2.75, 3.05) is 13.7 Å². The fourth-order valence-electron chi connectivity index (χ4n) is 2.72. The fourth-order valence-corrected chi connectivity index (χ4v) is 3.00. The second kappa shape index (κ2) is 9.99. The van der Waals surface area contributed by atoms with Gasteiger partial charge in [-0.05, 0) is 61.4 Å². The quantitative estimate of drug-likeness (QED) is 0.405. The molecule has 0 saturated carbocycles. The molecule has 0 aromatic heterocycles. The Hall–Kier alpha value is -2.98. The Morgan fingerprint density at radius 3 is 2.34 bits per heavy atom. The van der Waals surface area contributed by atoms with E-state index < -0.39 is 0 Å². The topological polar surface area (TPSA) is 40.0 Å². The largest absolute Gasteiger partial charge is 0.497 e. The van der Waals surface area contributed by atoms with Gasteiger partial charge in [-0.25, -0.2) is 0 Å². The van der Waals surface area contributed by atoms with E-state index in [-0.39, 0.29) is 0 Å². The molecule has 0 heterocycles. The maximum atomic E-state index is 6.50. The van der Waals surface area contributed by atoms with Gasteiger partial charge in [-0.15, -0.1) is 0 Å². The van der Waals surface area contributed by atoms with Crippen LogP contribution in [-0.2, 0) is 6.61 Å². The monoisotopic (exact) mass is 409 g/mol. The molecule has 0 aliphatic carbocycles. The van der Waals surface area contributed by atoms with Crippen LogP contribution in [-0.4, -0.2) is 19.9 Å². The minimum absolute atomic E-state index is 0.416. The summed E-state index contributed by atoms with van der Waals surface area (Å²) < 4.78 is 16.9. The number of ether oxygens (including phenoxy) is 3. The summed E-state index contributed by atoms with van der Waals surface area (Å²) >= 11 is 6.50. The number of halogens is 1. The summed E-state index contributed by atoms with van der Waals surface area (Å²) in [7, 11) is 1.64. The molecule has 3 aromatic rings. The molecule has 0 unspecified atom stereocenters. The summed E-state index contributed by atoms with van der Waals surface area (Å²) in [6, 6.07) is 19.4. The van der Waals surface area contributed by atoms with Gasteiger partial charge < -0.3 is 14.2 Å². The molecule has 0 aliphatic rings. The Morgan fingerprint density at radius 1 is 0.966 bits per heavy atom. The van der Waals surface area contributed by atoms with Crippen LogP contribution in [0.3, 0.4) is 0 Å². The number of hydrogen-bond donors (Lipinski definition) is 0. The highest BCUT2D eigenvalue weighted by Crippen LogP contribution is 2.37. The first-order chi connectivity index (χ1) is 14.1. The number of benzene rings is 3. The SMILES string of the molecule is CCOc1cc(C=Nc2ccc(OC)cc2)cc(Cl)c1OCc1ccc(C)cc1. The molecular weight excluding hydrogens is 386 g/mol. The molecule has 3 aromatic carbocycles.